The molecular weight excluding hydrogens is 224 g/mol. The quantitative estimate of drug-likeness (QED) is 0.679. The SMILES string of the molecule is O=Cc1sc2c(c1Br)CCC2. The molecule has 0 aliphatic heterocycles. The minimum Gasteiger partial charge on any atom is -0.297 e. The Bertz CT molecular complexity index is 303. The van der Waals surface area contributed by atoms with Crippen molar-refractivity contribution >= 4 is 33.6 Å². The zero-order valence-corrected chi connectivity index (χ0v) is 8.30. The topological polar surface area (TPSA) is 17.1 Å². The average molecular weight is 231 g/mol. The zero-order chi connectivity index (χ0) is 7.84. The lowest BCUT2D eigenvalue weighted by molar-refractivity contribution is 0.112. The second kappa shape index (κ2) is 2.72. The van der Waals surface area contributed by atoms with Crippen LogP contribution in [0.25, 0.3) is 0 Å². The van der Waals surface area contributed by atoms with E-state index in [1.807, 2.05) is 0 Å². The maximum Gasteiger partial charge on any atom is 0.161 e. The molecule has 0 saturated carbocycles. The van der Waals surface area contributed by atoms with Crippen LogP contribution >= 0.6 is 27.3 Å². The highest BCUT2D eigenvalue weighted by molar-refractivity contribution is 9.10. The molecule has 0 radical (unpaired) electrons. The molecule has 0 fully saturated rings. The highest BCUT2D eigenvalue weighted by Gasteiger charge is 2.19. The molecule has 0 N–H and O–H groups in total. The molecule has 1 aliphatic carbocycles. The van der Waals surface area contributed by atoms with Gasteiger partial charge in [0.1, 0.15) is 0 Å². The van der Waals surface area contributed by atoms with Crippen molar-refractivity contribution < 1.29 is 4.79 Å². The van der Waals surface area contributed by atoms with Gasteiger partial charge in [-0.1, -0.05) is 0 Å². The van der Waals surface area contributed by atoms with E-state index in [2.05, 4.69) is 15.9 Å². The fourth-order valence-electron chi connectivity index (χ4n) is 1.46. The number of carbonyl (C=O) groups excluding carboxylic acids is 1. The van der Waals surface area contributed by atoms with Crippen LogP contribution in [0.1, 0.15) is 26.5 Å². The lowest BCUT2D eigenvalue weighted by Crippen LogP contribution is -1.77. The van der Waals surface area contributed by atoms with Crippen LogP contribution in [0.15, 0.2) is 4.47 Å². The molecule has 1 heterocycles. The van der Waals surface area contributed by atoms with E-state index in [0.717, 1.165) is 28.5 Å². The molecular formula is C8H7BrOS. The summed E-state index contributed by atoms with van der Waals surface area (Å²) >= 11 is 5.08. The molecule has 11 heavy (non-hydrogen) atoms. The second-order valence-corrected chi connectivity index (χ2v) is 4.58. The largest absolute Gasteiger partial charge is 0.297 e. The first-order chi connectivity index (χ1) is 5.33. The first kappa shape index (κ1) is 7.50. The molecule has 0 unspecified atom stereocenters. The van der Waals surface area contributed by atoms with E-state index in [4.69, 9.17) is 0 Å². The second-order valence-electron chi connectivity index (χ2n) is 2.65. The van der Waals surface area contributed by atoms with Crippen molar-refractivity contribution in [3.63, 3.8) is 0 Å². The summed E-state index contributed by atoms with van der Waals surface area (Å²) in [5.74, 6) is 0. The summed E-state index contributed by atoms with van der Waals surface area (Å²) in [4.78, 5) is 12.8. The summed E-state index contributed by atoms with van der Waals surface area (Å²) in [5, 5.41) is 0. The average Bonchev–Trinajstić information content (AvgIpc) is 2.53. The van der Waals surface area contributed by atoms with Crippen LogP contribution in [-0.4, -0.2) is 6.29 Å². The van der Waals surface area contributed by atoms with E-state index >= 15 is 0 Å². The monoisotopic (exact) mass is 230 g/mol. The van der Waals surface area contributed by atoms with Gasteiger partial charge in [0.15, 0.2) is 6.29 Å². The number of carbonyl (C=O) groups is 1. The number of hydrogen-bond acceptors (Lipinski definition) is 2. The number of thiophene rings is 1. The van der Waals surface area contributed by atoms with Gasteiger partial charge in [-0.2, -0.15) is 0 Å². The van der Waals surface area contributed by atoms with Gasteiger partial charge in [-0.15, -0.1) is 11.3 Å². The van der Waals surface area contributed by atoms with Crippen molar-refractivity contribution in [2.24, 2.45) is 0 Å². The summed E-state index contributed by atoms with van der Waals surface area (Å²) in [6, 6.07) is 0. The van der Waals surface area contributed by atoms with Crippen LogP contribution in [0.3, 0.4) is 0 Å². The summed E-state index contributed by atoms with van der Waals surface area (Å²) in [6.07, 6.45) is 4.48. The molecule has 3 heteroatoms. The van der Waals surface area contributed by atoms with Crippen molar-refractivity contribution in [1.29, 1.82) is 0 Å². The van der Waals surface area contributed by atoms with Gasteiger partial charge in [-0.05, 0) is 40.8 Å². The molecule has 0 saturated heterocycles. The molecule has 1 nitrogen and oxygen atoms in total. The van der Waals surface area contributed by atoms with Crippen molar-refractivity contribution in [2.45, 2.75) is 19.3 Å². The Hall–Kier alpha value is -0.150. The van der Waals surface area contributed by atoms with E-state index in [1.165, 1.54) is 16.9 Å². The first-order valence-corrected chi connectivity index (χ1v) is 5.19. The Morgan fingerprint density at radius 2 is 2.27 bits per heavy atom. The van der Waals surface area contributed by atoms with Crippen LogP contribution in [0.5, 0.6) is 0 Å². The lowest BCUT2D eigenvalue weighted by atomic mass is 10.2. The fraction of sp³-hybridized carbons (Fsp3) is 0.375. The van der Waals surface area contributed by atoms with E-state index in [1.54, 1.807) is 11.3 Å². The third-order valence-electron chi connectivity index (χ3n) is 1.99. The third-order valence-corrected chi connectivity index (χ3v) is 4.37. The van der Waals surface area contributed by atoms with Gasteiger partial charge in [-0.25, -0.2) is 0 Å². The van der Waals surface area contributed by atoms with Crippen LogP contribution in [0.2, 0.25) is 0 Å². The number of hydrogen-bond donors (Lipinski definition) is 0. The smallest absolute Gasteiger partial charge is 0.161 e. The van der Waals surface area contributed by atoms with E-state index < -0.39 is 0 Å². The molecule has 0 amide bonds. The molecule has 0 aromatic carbocycles. The van der Waals surface area contributed by atoms with Gasteiger partial charge in [0.2, 0.25) is 0 Å². The Morgan fingerprint density at radius 1 is 1.45 bits per heavy atom. The van der Waals surface area contributed by atoms with Gasteiger partial charge in [-0.3, -0.25) is 4.79 Å². The molecule has 0 bridgehead atoms. The van der Waals surface area contributed by atoms with Gasteiger partial charge in [0, 0.05) is 9.35 Å². The van der Waals surface area contributed by atoms with Crippen molar-refractivity contribution in [3.8, 4) is 0 Å². The zero-order valence-electron chi connectivity index (χ0n) is 5.89. The van der Waals surface area contributed by atoms with E-state index in [9.17, 15) is 4.79 Å². The number of halogens is 1. The number of aryl methyl sites for hydroxylation is 1. The van der Waals surface area contributed by atoms with Gasteiger partial charge in [0.25, 0.3) is 0 Å². The highest BCUT2D eigenvalue weighted by Crippen LogP contribution is 2.37. The molecule has 2 rings (SSSR count). The first-order valence-electron chi connectivity index (χ1n) is 3.58. The van der Waals surface area contributed by atoms with Gasteiger partial charge >= 0.3 is 0 Å². The molecule has 1 aromatic heterocycles. The number of aldehydes is 1. The standard InChI is InChI=1S/C8H7BrOS/c9-8-5-2-1-3-6(5)11-7(8)4-10/h4H,1-3H2. The predicted molar refractivity (Wildman–Crippen MR) is 49.4 cm³/mol. The Labute approximate surface area is 77.6 Å². The Kier molecular flexibility index (Phi) is 1.85. The fourth-order valence-corrected chi connectivity index (χ4v) is 3.47. The van der Waals surface area contributed by atoms with E-state index in [0.29, 0.717) is 0 Å². The summed E-state index contributed by atoms with van der Waals surface area (Å²) in [7, 11) is 0. The van der Waals surface area contributed by atoms with E-state index in [-0.39, 0.29) is 0 Å². The van der Waals surface area contributed by atoms with Crippen molar-refractivity contribution in [3.05, 3.63) is 19.8 Å². The normalized spacial score (nSPS) is 15.0. The molecule has 0 spiro atoms. The van der Waals surface area contributed by atoms with Crippen LogP contribution in [0.4, 0.5) is 0 Å². The van der Waals surface area contributed by atoms with Gasteiger partial charge in [0.05, 0.1) is 4.88 Å². The minimum atomic E-state index is 0.856. The minimum absolute atomic E-state index is 0.856. The summed E-state index contributed by atoms with van der Waals surface area (Å²) in [6.45, 7) is 0. The number of fused-ring (bicyclic) bond motifs is 1. The maximum absolute atomic E-state index is 10.5. The predicted octanol–water partition coefficient (Wildman–Crippen LogP) is 2.81. The number of rotatable bonds is 1. The Balaban J connectivity index is 2.57. The van der Waals surface area contributed by atoms with Crippen molar-refractivity contribution in [1.82, 2.24) is 0 Å². The summed E-state index contributed by atoms with van der Waals surface area (Å²) < 4.78 is 1.05. The highest BCUT2D eigenvalue weighted by atomic mass is 79.9. The van der Waals surface area contributed by atoms with Crippen LogP contribution < -0.4 is 0 Å². The molecule has 58 valence electrons. The van der Waals surface area contributed by atoms with Crippen LogP contribution in [-0.2, 0) is 12.8 Å². The lowest BCUT2D eigenvalue weighted by Gasteiger charge is -1.88. The van der Waals surface area contributed by atoms with Gasteiger partial charge < -0.3 is 0 Å². The third kappa shape index (κ3) is 1.07. The van der Waals surface area contributed by atoms with Crippen molar-refractivity contribution in [2.75, 3.05) is 0 Å². The maximum atomic E-state index is 10.5. The molecule has 1 aliphatic rings. The molecule has 0 atom stereocenters. The molecule has 1 aromatic rings. The summed E-state index contributed by atoms with van der Waals surface area (Å²) in [5.41, 5.74) is 1.37. The Morgan fingerprint density at radius 3 is 2.91 bits per heavy atom. The van der Waals surface area contributed by atoms with Crippen LogP contribution in [0, 0.1) is 0 Å².